The zero-order valence-electron chi connectivity index (χ0n) is 6.90. The fourth-order valence-electron chi connectivity index (χ4n) is 1.08. The van der Waals surface area contributed by atoms with E-state index in [0.717, 1.165) is 0 Å². The lowest BCUT2D eigenvalue weighted by Crippen LogP contribution is -2.01. The van der Waals surface area contributed by atoms with Crippen LogP contribution in [0.5, 0.6) is 5.88 Å². The summed E-state index contributed by atoms with van der Waals surface area (Å²) in [6.07, 6.45) is 3.32. The molecule has 0 saturated heterocycles. The van der Waals surface area contributed by atoms with Gasteiger partial charge in [0.2, 0.25) is 5.88 Å². The number of imidazole rings is 1. The first-order valence-corrected chi connectivity index (χ1v) is 3.87. The van der Waals surface area contributed by atoms with Crippen LogP contribution in [0.1, 0.15) is 0 Å². The first-order valence-electron chi connectivity index (χ1n) is 3.87. The molecular weight excluding hydrogens is 172 g/mol. The Morgan fingerprint density at radius 2 is 2.54 bits per heavy atom. The molecule has 0 unspecified atom stereocenters. The van der Waals surface area contributed by atoms with Crippen LogP contribution >= 0.6 is 0 Å². The fourth-order valence-corrected chi connectivity index (χ4v) is 1.08. The molecule has 6 nitrogen and oxygen atoms in total. The molecule has 2 heterocycles. The minimum atomic E-state index is -0.0268. The van der Waals surface area contributed by atoms with Crippen molar-refractivity contribution in [3.63, 3.8) is 0 Å². The average molecular weight is 182 g/mol. The lowest BCUT2D eigenvalue weighted by atomic mass is 10.6. The second-order valence-corrected chi connectivity index (χ2v) is 2.57. The monoisotopic (exact) mass is 182 g/mol. The van der Waals surface area contributed by atoms with E-state index < -0.39 is 0 Å². The van der Waals surface area contributed by atoms with Gasteiger partial charge in [0.25, 0.3) is 0 Å². The fraction of sp³-hybridized carbons (Fsp3) is 0.286. The number of nitrogens with zero attached hydrogens (tertiary/aromatic N) is 2. The Hall–Kier alpha value is -1.69. The third-order valence-electron chi connectivity index (χ3n) is 1.64. The Balaban J connectivity index is 2.28. The highest BCUT2D eigenvalue weighted by Gasteiger charge is 2.05. The molecule has 0 aliphatic heterocycles. The summed E-state index contributed by atoms with van der Waals surface area (Å²) in [5.41, 5.74) is 6.80. The van der Waals surface area contributed by atoms with Gasteiger partial charge in [-0.2, -0.15) is 4.98 Å². The van der Waals surface area contributed by atoms with Gasteiger partial charge < -0.3 is 15.6 Å². The number of aromatic amines is 1. The number of fused-ring (bicyclic) bond motifs is 1. The first-order chi connectivity index (χ1) is 6.31. The average Bonchev–Trinajstić information content (AvgIpc) is 2.65. The van der Waals surface area contributed by atoms with Crippen LogP contribution in [-0.4, -0.2) is 32.9 Å². The normalized spacial score (nSPS) is 10.8. The first kappa shape index (κ1) is 7.93. The molecule has 70 valence electrons. The van der Waals surface area contributed by atoms with Crippen LogP contribution < -0.4 is 10.5 Å². The zero-order valence-corrected chi connectivity index (χ0v) is 6.90. The molecule has 0 spiro atoms. The minimum absolute atomic E-state index is 0.0268. The van der Waals surface area contributed by atoms with Gasteiger partial charge in [0.05, 0.1) is 18.5 Å². The molecule has 0 fully saturated rings. The summed E-state index contributed by atoms with van der Waals surface area (Å²) < 4.78 is 6.75. The number of aliphatic hydroxyl groups excluding tert-OH is 1. The number of nitrogen functional groups attached to an aromatic ring is 1. The molecule has 0 amide bonds. The molecule has 0 aliphatic carbocycles. The second kappa shape index (κ2) is 2.98. The minimum Gasteiger partial charge on any atom is -0.474 e. The maximum atomic E-state index is 8.52. The van der Waals surface area contributed by atoms with Crippen molar-refractivity contribution < 1.29 is 9.84 Å². The molecule has 2 rings (SSSR count). The number of aromatic nitrogens is 3. The van der Waals surface area contributed by atoms with Gasteiger partial charge in [-0.1, -0.05) is 0 Å². The smallest absolute Gasteiger partial charge is 0.234 e. The summed E-state index contributed by atoms with van der Waals surface area (Å²) in [5.74, 6) is 0.451. The van der Waals surface area contributed by atoms with Crippen LogP contribution in [-0.2, 0) is 0 Å². The Morgan fingerprint density at radius 3 is 3.23 bits per heavy atom. The Kier molecular flexibility index (Phi) is 1.82. The molecule has 2 aromatic rings. The van der Waals surface area contributed by atoms with E-state index in [-0.39, 0.29) is 13.2 Å². The maximum absolute atomic E-state index is 8.52. The lowest BCUT2D eigenvalue weighted by molar-refractivity contribution is 0.197. The standard InChI is InChI=1S/C7H10N4O2/c8-5-3-9-11-4-6(10-7(5)11)13-2-1-12/h3-4,9,12H,1-2,8H2. The van der Waals surface area contributed by atoms with Crippen molar-refractivity contribution in [2.24, 2.45) is 0 Å². The van der Waals surface area contributed by atoms with Gasteiger partial charge in [-0.05, 0) is 0 Å². The number of aliphatic hydroxyl groups is 1. The van der Waals surface area contributed by atoms with E-state index in [4.69, 9.17) is 15.6 Å². The highest BCUT2D eigenvalue weighted by atomic mass is 16.5. The Bertz CT molecular complexity index is 405. The van der Waals surface area contributed by atoms with E-state index in [1.165, 1.54) is 0 Å². The summed E-state index contributed by atoms with van der Waals surface area (Å²) in [5, 5.41) is 11.4. The van der Waals surface area contributed by atoms with Crippen LogP contribution in [0.3, 0.4) is 0 Å². The quantitative estimate of drug-likeness (QED) is 0.603. The number of rotatable bonds is 3. The zero-order chi connectivity index (χ0) is 9.26. The van der Waals surface area contributed by atoms with Crippen LogP contribution in [0.15, 0.2) is 12.4 Å². The van der Waals surface area contributed by atoms with Gasteiger partial charge in [-0.15, -0.1) is 0 Å². The number of hydrogen-bond acceptors (Lipinski definition) is 4. The van der Waals surface area contributed by atoms with E-state index in [9.17, 15) is 0 Å². The molecule has 13 heavy (non-hydrogen) atoms. The highest BCUT2D eigenvalue weighted by molar-refractivity contribution is 5.64. The number of ether oxygens (including phenoxy) is 1. The van der Waals surface area contributed by atoms with Gasteiger partial charge in [-0.25, -0.2) is 4.52 Å². The molecule has 0 bridgehead atoms. The lowest BCUT2D eigenvalue weighted by Gasteiger charge is -1.96. The SMILES string of the molecule is Nc1c[nH]n2cc(OCCO)nc12. The van der Waals surface area contributed by atoms with Gasteiger partial charge in [-0.3, -0.25) is 5.10 Å². The van der Waals surface area contributed by atoms with Crippen molar-refractivity contribution in [1.29, 1.82) is 0 Å². The van der Waals surface area contributed by atoms with Crippen molar-refractivity contribution in [3.05, 3.63) is 12.4 Å². The predicted octanol–water partition coefficient (Wildman–Crippen LogP) is -0.384. The largest absolute Gasteiger partial charge is 0.474 e. The molecule has 0 aromatic carbocycles. The Labute approximate surface area is 73.9 Å². The van der Waals surface area contributed by atoms with Crippen LogP contribution in [0, 0.1) is 0 Å². The predicted molar refractivity (Wildman–Crippen MR) is 46.5 cm³/mol. The number of nitrogens with one attached hydrogen (secondary N) is 1. The second-order valence-electron chi connectivity index (χ2n) is 2.57. The third kappa shape index (κ3) is 1.31. The van der Waals surface area contributed by atoms with Crippen LogP contribution in [0.25, 0.3) is 5.65 Å². The van der Waals surface area contributed by atoms with Crippen molar-refractivity contribution in [1.82, 2.24) is 14.6 Å². The number of hydrogen-bond donors (Lipinski definition) is 3. The van der Waals surface area contributed by atoms with E-state index in [1.54, 1.807) is 16.9 Å². The maximum Gasteiger partial charge on any atom is 0.234 e. The molecule has 0 atom stereocenters. The molecule has 2 aromatic heterocycles. The molecule has 6 heteroatoms. The van der Waals surface area contributed by atoms with Gasteiger partial charge in [0.15, 0.2) is 5.65 Å². The van der Waals surface area contributed by atoms with Crippen molar-refractivity contribution >= 4 is 11.3 Å². The third-order valence-corrected chi connectivity index (χ3v) is 1.64. The number of anilines is 1. The van der Waals surface area contributed by atoms with E-state index in [2.05, 4.69) is 10.1 Å². The van der Waals surface area contributed by atoms with Gasteiger partial charge >= 0.3 is 0 Å². The molecular formula is C7H10N4O2. The molecule has 0 aliphatic rings. The summed E-state index contributed by atoms with van der Waals surface area (Å²) in [6, 6.07) is 0. The van der Waals surface area contributed by atoms with Crippen molar-refractivity contribution in [2.75, 3.05) is 18.9 Å². The summed E-state index contributed by atoms with van der Waals surface area (Å²) in [6.45, 7) is 0.209. The summed E-state index contributed by atoms with van der Waals surface area (Å²) in [7, 11) is 0. The van der Waals surface area contributed by atoms with Crippen LogP contribution in [0.2, 0.25) is 0 Å². The van der Waals surface area contributed by atoms with Crippen LogP contribution in [0.4, 0.5) is 5.69 Å². The van der Waals surface area contributed by atoms with Gasteiger partial charge in [0.1, 0.15) is 6.61 Å². The molecule has 0 radical (unpaired) electrons. The van der Waals surface area contributed by atoms with Gasteiger partial charge in [0, 0.05) is 6.20 Å². The Morgan fingerprint density at radius 1 is 1.69 bits per heavy atom. The van der Waals surface area contributed by atoms with Crippen molar-refractivity contribution in [2.45, 2.75) is 0 Å². The summed E-state index contributed by atoms with van der Waals surface area (Å²) >= 11 is 0. The van der Waals surface area contributed by atoms with E-state index in [0.29, 0.717) is 17.2 Å². The molecule has 4 N–H and O–H groups in total. The highest BCUT2D eigenvalue weighted by Crippen LogP contribution is 2.16. The van der Waals surface area contributed by atoms with Crippen molar-refractivity contribution in [3.8, 4) is 5.88 Å². The number of nitrogens with two attached hydrogens (primary N) is 1. The van der Waals surface area contributed by atoms with E-state index >= 15 is 0 Å². The number of H-pyrrole nitrogens is 1. The van der Waals surface area contributed by atoms with E-state index in [1.807, 2.05) is 0 Å². The molecule has 0 saturated carbocycles. The topological polar surface area (TPSA) is 88.6 Å². The summed E-state index contributed by atoms with van der Waals surface area (Å²) in [4.78, 5) is 4.08.